The van der Waals surface area contributed by atoms with Crippen molar-refractivity contribution in [1.29, 1.82) is 0 Å². The minimum absolute atomic E-state index is 0.249. The Kier molecular flexibility index (Phi) is 4.89. The van der Waals surface area contributed by atoms with Crippen molar-refractivity contribution in [3.05, 3.63) is 34.9 Å². The van der Waals surface area contributed by atoms with Gasteiger partial charge in [-0.05, 0) is 60.6 Å². The number of ether oxygens (including phenoxy) is 1. The zero-order valence-corrected chi connectivity index (χ0v) is 14.5. The van der Waals surface area contributed by atoms with Gasteiger partial charge in [0.15, 0.2) is 0 Å². The summed E-state index contributed by atoms with van der Waals surface area (Å²) in [5, 5.41) is 3.76. The molecule has 1 aromatic carbocycles. The van der Waals surface area contributed by atoms with Crippen molar-refractivity contribution < 1.29 is 4.74 Å². The standard InChI is InChI=1S/C20H31NO/c1-20(2,3)17-9-6-15-7-10-18(11-8-16(15)13-17)21-14-19-5-4-12-22-19/h6,9,13,18-19,21H,4-5,7-8,10-12,14H2,1-3H3. The van der Waals surface area contributed by atoms with Crippen LogP contribution in [0.4, 0.5) is 0 Å². The Labute approximate surface area is 135 Å². The monoisotopic (exact) mass is 301 g/mol. The molecule has 0 aromatic heterocycles. The highest BCUT2D eigenvalue weighted by Gasteiger charge is 2.21. The molecule has 1 fully saturated rings. The number of benzene rings is 1. The summed E-state index contributed by atoms with van der Waals surface area (Å²) in [6.07, 6.45) is 7.86. The SMILES string of the molecule is CC(C)(C)c1ccc2c(c1)CCC(NCC1CCCO1)CC2. The van der Waals surface area contributed by atoms with E-state index in [0.717, 1.165) is 13.2 Å². The predicted molar refractivity (Wildman–Crippen MR) is 92.5 cm³/mol. The van der Waals surface area contributed by atoms with Crippen LogP contribution in [0.5, 0.6) is 0 Å². The van der Waals surface area contributed by atoms with Crippen LogP contribution in [0.15, 0.2) is 18.2 Å². The Balaban J connectivity index is 1.59. The van der Waals surface area contributed by atoms with E-state index in [4.69, 9.17) is 4.74 Å². The molecule has 0 bridgehead atoms. The maximum Gasteiger partial charge on any atom is 0.0700 e. The minimum atomic E-state index is 0.249. The highest BCUT2D eigenvalue weighted by atomic mass is 16.5. The Morgan fingerprint density at radius 2 is 1.86 bits per heavy atom. The van der Waals surface area contributed by atoms with E-state index in [9.17, 15) is 0 Å². The zero-order valence-electron chi connectivity index (χ0n) is 14.5. The summed E-state index contributed by atoms with van der Waals surface area (Å²) in [7, 11) is 0. The fraction of sp³-hybridized carbons (Fsp3) is 0.700. The van der Waals surface area contributed by atoms with Crippen LogP contribution in [0.25, 0.3) is 0 Å². The van der Waals surface area contributed by atoms with Gasteiger partial charge in [0.1, 0.15) is 0 Å². The smallest absolute Gasteiger partial charge is 0.0700 e. The van der Waals surface area contributed by atoms with Crippen LogP contribution in [0.2, 0.25) is 0 Å². The maximum atomic E-state index is 5.73. The van der Waals surface area contributed by atoms with Crippen molar-refractivity contribution in [1.82, 2.24) is 5.32 Å². The van der Waals surface area contributed by atoms with Crippen LogP contribution in [0.1, 0.15) is 63.1 Å². The Bertz CT molecular complexity index is 497. The molecule has 22 heavy (non-hydrogen) atoms. The lowest BCUT2D eigenvalue weighted by atomic mass is 9.84. The summed E-state index contributed by atoms with van der Waals surface area (Å²) in [5.74, 6) is 0. The molecule has 2 nitrogen and oxygen atoms in total. The molecule has 1 aromatic rings. The van der Waals surface area contributed by atoms with E-state index in [-0.39, 0.29) is 5.41 Å². The molecule has 0 saturated carbocycles. The van der Waals surface area contributed by atoms with Gasteiger partial charge in [-0.3, -0.25) is 0 Å². The normalized spacial score (nSPS) is 25.8. The van der Waals surface area contributed by atoms with E-state index < -0.39 is 0 Å². The lowest BCUT2D eigenvalue weighted by molar-refractivity contribution is 0.107. The number of hydrogen-bond donors (Lipinski definition) is 1. The van der Waals surface area contributed by atoms with Crippen LogP contribution < -0.4 is 5.32 Å². The largest absolute Gasteiger partial charge is 0.377 e. The molecule has 2 heteroatoms. The number of fused-ring (bicyclic) bond motifs is 1. The molecule has 2 atom stereocenters. The fourth-order valence-corrected chi connectivity index (χ4v) is 3.68. The van der Waals surface area contributed by atoms with Gasteiger partial charge in [-0.15, -0.1) is 0 Å². The molecule has 1 aliphatic heterocycles. The first kappa shape index (κ1) is 16.0. The zero-order chi connectivity index (χ0) is 15.6. The summed E-state index contributed by atoms with van der Waals surface area (Å²) in [5.41, 5.74) is 4.86. The fourth-order valence-electron chi connectivity index (χ4n) is 3.68. The number of rotatable bonds is 3. The van der Waals surface area contributed by atoms with Gasteiger partial charge in [-0.25, -0.2) is 0 Å². The summed E-state index contributed by atoms with van der Waals surface area (Å²) < 4.78 is 5.73. The molecule has 0 amide bonds. The Morgan fingerprint density at radius 3 is 2.55 bits per heavy atom. The molecule has 1 heterocycles. The highest BCUT2D eigenvalue weighted by molar-refractivity contribution is 5.36. The first-order valence-electron chi connectivity index (χ1n) is 8.99. The summed E-state index contributed by atoms with van der Waals surface area (Å²) in [4.78, 5) is 0. The Hall–Kier alpha value is -0.860. The van der Waals surface area contributed by atoms with E-state index in [1.54, 1.807) is 11.1 Å². The molecule has 2 aliphatic rings. The van der Waals surface area contributed by atoms with Crippen molar-refractivity contribution in [2.75, 3.05) is 13.2 Å². The van der Waals surface area contributed by atoms with E-state index in [1.165, 1.54) is 44.1 Å². The summed E-state index contributed by atoms with van der Waals surface area (Å²) >= 11 is 0. The lowest BCUT2D eigenvalue weighted by Crippen LogP contribution is -2.35. The quantitative estimate of drug-likeness (QED) is 0.852. The van der Waals surface area contributed by atoms with Crippen LogP contribution in [-0.4, -0.2) is 25.3 Å². The summed E-state index contributed by atoms with van der Waals surface area (Å²) in [6.45, 7) is 8.90. The van der Waals surface area contributed by atoms with Gasteiger partial charge in [0.25, 0.3) is 0 Å². The second kappa shape index (κ2) is 6.72. The molecule has 1 aliphatic carbocycles. The highest BCUT2D eigenvalue weighted by Crippen LogP contribution is 2.28. The van der Waals surface area contributed by atoms with Crippen molar-refractivity contribution in [2.45, 2.75) is 76.9 Å². The molecule has 1 saturated heterocycles. The van der Waals surface area contributed by atoms with Crippen LogP contribution in [0.3, 0.4) is 0 Å². The van der Waals surface area contributed by atoms with Gasteiger partial charge in [0.2, 0.25) is 0 Å². The third-order valence-corrected chi connectivity index (χ3v) is 5.25. The van der Waals surface area contributed by atoms with Gasteiger partial charge in [-0.2, -0.15) is 0 Å². The van der Waals surface area contributed by atoms with Crippen LogP contribution in [-0.2, 0) is 23.0 Å². The number of hydrogen-bond acceptors (Lipinski definition) is 2. The molecule has 2 unspecified atom stereocenters. The van der Waals surface area contributed by atoms with Crippen molar-refractivity contribution in [2.24, 2.45) is 0 Å². The van der Waals surface area contributed by atoms with Crippen LogP contribution >= 0.6 is 0 Å². The van der Waals surface area contributed by atoms with Crippen molar-refractivity contribution >= 4 is 0 Å². The third-order valence-electron chi connectivity index (χ3n) is 5.25. The van der Waals surface area contributed by atoms with E-state index in [0.29, 0.717) is 12.1 Å². The van der Waals surface area contributed by atoms with E-state index >= 15 is 0 Å². The second-order valence-corrected chi connectivity index (χ2v) is 8.05. The molecule has 3 rings (SSSR count). The first-order chi connectivity index (χ1) is 10.5. The number of aryl methyl sites for hydroxylation is 2. The van der Waals surface area contributed by atoms with E-state index in [2.05, 4.69) is 44.3 Å². The average molecular weight is 301 g/mol. The molecule has 0 spiro atoms. The molecular formula is C20H31NO. The molecule has 1 N–H and O–H groups in total. The number of nitrogens with one attached hydrogen (secondary N) is 1. The maximum absolute atomic E-state index is 5.73. The molecular weight excluding hydrogens is 270 g/mol. The second-order valence-electron chi connectivity index (χ2n) is 8.05. The van der Waals surface area contributed by atoms with Gasteiger partial charge >= 0.3 is 0 Å². The predicted octanol–water partition coefficient (Wildman–Crippen LogP) is 4.00. The van der Waals surface area contributed by atoms with Gasteiger partial charge in [0, 0.05) is 19.2 Å². The Morgan fingerprint density at radius 1 is 1.09 bits per heavy atom. The molecule has 122 valence electrons. The molecule has 0 radical (unpaired) electrons. The topological polar surface area (TPSA) is 21.3 Å². The van der Waals surface area contributed by atoms with Crippen molar-refractivity contribution in [3.8, 4) is 0 Å². The minimum Gasteiger partial charge on any atom is -0.377 e. The van der Waals surface area contributed by atoms with Gasteiger partial charge < -0.3 is 10.1 Å². The lowest BCUT2D eigenvalue weighted by Gasteiger charge is -2.21. The van der Waals surface area contributed by atoms with Crippen molar-refractivity contribution in [3.63, 3.8) is 0 Å². The van der Waals surface area contributed by atoms with Gasteiger partial charge in [0.05, 0.1) is 6.10 Å². The van der Waals surface area contributed by atoms with Crippen LogP contribution in [0, 0.1) is 0 Å². The van der Waals surface area contributed by atoms with E-state index in [1.807, 2.05) is 0 Å². The average Bonchev–Trinajstić information content (AvgIpc) is 2.91. The third kappa shape index (κ3) is 3.91. The summed E-state index contributed by atoms with van der Waals surface area (Å²) in [6, 6.07) is 7.81. The first-order valence-corrected chi connectivity index (χ1v) is 8.99. The van der Waals surface area contributed by atoms with Gasteiger partial charge in [-0.1, -0.05) is 39.0 Å².